The van der Waals surface area contributed by atoms with Gasteiger partial charge in [-0.1, -0.05) is 42.5 Å². The molecule has 2 N–H and O–H groups in total. The Kier molecular flexibility index (Phi) is 4.21. The van der Waals surface area contributed by atoms with E-state index in [9.17, 15) is 14.7 Å². The fraction of sp³-hybridized carbons (Fsp3) is 0.238. The summed E-state index contributed by atoms with van der Waals surface area (Å²) in [5.74, 6) is -0.625. The standard InChI is InChI=1S/C21H19NO4/c23-18(15-8-4-7-14-11-12-26-20(14)15)17-19(24)16(22-21(17)25)10-9-13-5-2-1-3-6-13/h1-8,16,23H,9-12H2,(H,22,25)/b18-17+. The Morgan fingerprint density at radius 2 is 1.92 bits per heavy atom. The molecule has 2 aliphatic heterocycles. The third-order valence-corrected chi connectivity index (χ3v) is 4.87. The van der Waals surface area contributed by atoms with Gasteiger partial charge in [0.2, 0.25) is 0 Å². The van der Waals surface area contributed by atoms with Crippen molar-refractivity contribution in [3.8, 4) is 5.75 Å². The molecule has 2 aliphatic rings. The molecule has 1 amide bonds. The quantitative estimate of drug-likeness (QED) is 0.505. The summed E-state index contributed by atoms with van der Waals surface area (Å²) in [5.41, 5.74) is 2.31. The van der Waals surface area contributed by atoms with E-state index in [1.165, 1.54) is 0 Å². The smallest absolute Gasteiger partial charge is 0.259 e. The van der Waals surface area contributed by atoms with E-state index in [2.05, 4.69) is 5.32 Å². The molecular formula is C21H19NO4. The maximum atomic E-state index is 12.7. The summed E-state index contributed by atoms with van der Waals surface area (Å²) in [5, 5.41) is 13.3. The third kappa shape index (κ3) is 2.86. The SMILES string of the molecule is O=C1NC(CCc2ccccc2)C(=O)/C1=C(\O)c1cccc2c1OCC2. The molecule has 1 unspecified atom stereocenters. The molecule has 0 bridgehead atoms. The second-order valence-corrected chi connectivity index (χ2v) is 6.53. The summed E-state index contributed by atoms with van der Waals surface area (Å²) < 4.78 is 5.58. The molecule has 2 aromatic carbocycles. The molecule has 2 heterocycles. The maximum Gasteiger partial charge on any atom is 0.259 e. The van der Waals surface area contributed by atoms with Gasteiger partial charge in [0, 0.05) is 6.42 Å². The lowest BCUT2D eigenvalue weighted by Gasteiger charge is -2.09. The monoisotopic (exact) mass is 349 g/mol. The van der Waals surface area contributed by atoms with Gasteiger partial charge in [0.1, 0.15) is 17.1 Å². The van der Waals surface area contributed by atoms with Gasteiger partial charge in [-0.2, -0.15) is 0 Å². The average Bonchev–Trinajstić information content (AvgIpc) is 3.24. The molecule has 0 saturated carbocycles. The van der Waals surface area contributed by atoms with Crippen LogP contribution in [0.4, 0.5) is 0 Å². The number of hydrogen-bond donors (Lipinski definition) is 2. The number of ether oxygens (including phenoxy) is 1. The number of fused-ring (bicyclic) bond motifs is 1. The number of carbonyl (C=O) groups is 2. The van der Waals surface area contributed by atoms with Crippen LogP contribution in [0.15, 0.2) is 54.1 Å². The van der Waals surface area contributed by atoms with Crippen molar-refractivity contribution in [1.29, 1.82) is 0 Å². The number of rotatable bonds is 4. The van der Waals surface area contributed by atoms with Crippen LogP contribution in [-0.4, -0.2) is 29.4 Å². The predicted octanol–water partition coefficient (Wildman–Crippen LogP) is 2.59. The molecule has 5 nitrogen and oxygen atoms in total. The molecule has 0 radical (unpaired) electrons. The van der Waals surface area contributed by atoms with Crippen molar-refractivity contribution >= 4 is 17.4 Å². The van der Waals surface area contributed by atoms with Gasteiger partial charge in [-0.15, -0.1) is 0 Å². The Labute approximate surface area is 151 Å². The highest BCUT2D eigenvalue weighted by molar-refractivity contribution is 6.30. The van der Waals surface area contributed by atoms with Gasteiger partial charge in [-0.3, -0.25) is 9.59 Å². The fourth-order valence-electron chi connectivity index (χ4n) is 3.50. The van der Waals surface area contributed by atoms with Crippen LogP contribution in [0.5, 0.6) is 5.75 Å². The van der Waals surface area contributed by atoms with E-state index in [0.717, 1.165) is 17.5 Å². The lowest BCUT2D eigenvalue weighted by atomic mass is 9.98. The largest absolute Gasteiger partial charge is 0.506 e. The highest BCUT2D eigenvalue weighted by atomic mass is 16.5. The molecule has 2 aromatic rings. The second kappa shape index (κ2) is 6.67. The molecule has 0 spiro atoms. The highest BCUT2D eigenvalue weighted by Crippen LogP contribution is 2.35. The number of aryl methyl sites for hydroxylation is 1. The first-order chi connectivity index (χ1) is 12.6. The second-order valence-electron chi connectivity index (χ2n) is 6.53. The maximum absolute atomic E-state index is 12.7. The summed E-state index contributed by atoms with van der Waals surface area (Å²) in [4.78, 5) is 25.0. The van der Waals surface area contributed by atoms with Gasteiger partial charge in [0.05, 0.1) is 18.2 Å². The number of ketones is 1. The fourth-order valence-corrected chi connectivity index (χ4v) is 3.50. The van der Waals surface area contributed by atoms with E-state index in [1.54, 1.807) is 12.1 Å². The molecule has 1 saturated heterocycles. The van der Waals surface area contributed by atoms with Crippen LogP contribution in [0.25, 0.3) is 5.76 Å². The topological polar surface area (TPSA) is 75.6 Å². The van der Waals surface area contributed by atoms with E-state index in [4.69, 9.17) is 4.74 Å². The van der Waals surface area contributed by atoms with E-state index < -0.39 is 11.9 Å². The number of aliphatic hydroxyl groups is 1. The summed E-state index contributed by atoms with van der Waals surface area (Å²) in [6.45, 7) is 0.537. The third-order valence-electron chi connectivity index (χ3n) is 4.87. The van der Waals surface area contributed by atoms with Crippen LogP contribution in [0.2, 0.25) is 0 Å². The van der Waals surface area contributed by atoms with Crippen molar-refractivity contribution in [2.45, 2.75) is 25.3 Å². The van der Waals surface area contributed by atoms with E-state index >= 15 is 0 Å². The van der Waals surface area contributed by atoms with Gasteiger partial charge >= 0.3 is 0 Å². The minimum absolute atomic E-state index is 0.174. The molecule has 1 fully saturated rings. The van der Waals surface area contributed by atoms with Crippen LogP contribution in [-0.2, 0) is 22.4 Å². The zero-order valence-electron chi connectivity index (χ0n) is 14.2. The first-order valence-corrected chi connectivity index (χ1v) is 8.72. The highest BCUT2D eigenvalue weighted by Gasteiger charge is 2.39. The van der Waals surface area contributed by atoms with Crippen LogP contribution in [0, 0.1) is 0 Å². The summed E-state index contributed by atoms with van der Waals surface area (Å²) in [7, 11) is 0. The molecule has 5 heteroatoms. The summed E-state index contributed by atoms with van der Waals surface area (Å²) >= 11 is 0. The molecule has 132 valence electrons. The molecule has 0 aliphatic carbocycles. The number of nitrogens with one attached hydrogen (secondary N) is 1. The minimum atomic E-state index is -0.613. The van der Waals surface area contributed by atoms with Gasteiger partial charge in [-0.25, -0.2) is 0 Å². The van der Waals surface area contributed by atoms with Crippen molar-refractivity contribution in [3.63, 3.8) is 0 Å². The lowest BCUT2D eigenvalue weighted by Crippen LogP contribution is -2.29. The zero-order chi connectivity index (χ0) is 18.1. The molecule has 4 rings (SSSR count). The number of benzene rings is 2. The minimum Gasteiger partial charge on any atom is -0.506 e. The first kappa shape index (κ1) is 16.4. The summed E-state index contributed by atoms with van der Waals surface area (Å²) in [6, 6.07) is 14.6. The lowest BCUT2D eigenvalue weighted by molar-refractivity contribution is -0.117. The molecule has 1 atom stereocenters. The van der Waals surface area contributed by atoms with Gasteiger partial charge < -0.3 is 15.2 Å². The van der Waals surface area contributed by atoms with Crippen molar-refractivity contribution in [2.24, 2.45) is 0 Å². The van der Waals surface area contributed by atoms with Gasteiger partial charge in [0.15, 0.2) is 5.78 Å². The van der Waals surface area contributed by atoms with Crippen LogP contribution in [0.3, 0.4) is 0 Å². The first-order valence-electron chi connectivity index (χ1n) is 8.72. The molecule has 0 aromatic heterocycles. The average molecular weight is 349 g/mol. The summed E-state index contributed by atoms with van der Waals surface area (Å²) in [6.07, 6.45) is 1.93. The number of hydrogen-bond acceptors (Lipinski definition) is 4. The Morgan fingerprint density at radius 1 is 1.12 bits per heavy atom. The molecular weight excluding hydrogens is 330 g/mol. The van der Waals surface area contributed by atoms with Crippen LogP contribution in [0.1, 0.15) is 23.1 Å². The van der Waals surface area contributed by atoms with Crippen molar-refractivity contribution < 1.29 is 19.4 Å². The van der Waals surface area contributed by atoms with Crippen LogP contribution >= 0.6 is 0 Å². The van der Waals surface area contributed by atoms with Crippen LogP contribution < -0.4 is 10.1 Å². The van der Waals surface area contributed by atoms with E-state index in [-0.39, 0.29) is 17.1 Å². The van der Waals surface area contributed by atoms with E-state index in [0.29, 0.717) is 30.8 Å². The normalized spacial score (nSPS) is 20.5. The Morgan fingerprint density at radius 3 is 2.73 bits per heavy atom. The van der Waals surface area contributed by atoms with Crippen molar-refractivity contribution in [1.82, 2.24) is 5.32 Å². The Hall–Kier alpha value is -3.08. The predicted molar refractivity (Wildman–Crippen MR) is 96.9 cm³/mol. The number of amides is 1. The molecule has 26 heavy (non-hydrogen) atoms. The Balaban J connectivity index is 1.59. The van der Waals surface area contributed by atoms with Crippen molar-refractivity contribution in [3.05, 3.63) is 70.8 Å². The number of carbonyl (C=O) groups excluding carboxylic acids is 2. The van der Waals surface area contributed by atoms with Gasteiger partial charge in [0.25, 0.3) is 5.91 Å². The number of aliphatic hydroxyl groups excluding tert-OH is 1. The van der Waals surface area contributed by atoms with E-state index in [1.807, 2.05) is 36.4 Å². The Bertz CT molecular complexity index is 901. The number of para-hydroxylation sites is 1. The number of Topliss-reactive ketones (excluding diaryl/α,β-unsaturated/α-hetero) is 1. The van der Waals surface area contributed by atoms with Crippen molar-refractivity contribution in [2.75, 3.05) is 6.61 Å². The van der Waals surface area contributed by atoms with Gasteiger partial charge in [-0.05, 0) is 30.0 Å². The zero-order valence-corrected chi connectivity index (χ0v) is 14.2.